The van der Waals surface area contributed by atoms with Gasteiger partial charge < -0.3 is 10.1 Å². The minimum absolute atomic E-state index is 0.190. The van der Waals surface area contributed by atoms with E-state index in [1.165, 1.54) is 11.3 Å². The zero-order valence-corrected chi connectivity index (χ0v) is 13.5. The monoisotopic (exact) mass is 324 g/mol. The molecule has 5 heteroatoms. The molecule has 0 saturated carbocycles. The number of benzene rings is 2. The number of thiazole rings is 1. The number of rotatable bonds is 5. The molecule has 0 aliphatic heterocycles. The van der Waals surface area contributed by atoms with E-state index in [1.54, 1.807) is 17.6 Å². The largest absolute Gasteiger partial charge is 0.486 e. The van der Waals surface area contributed by atoms with E-state index in [9.17, 15) is 4.79 Å². The van der Waals surface area contributed by atoms with Gasteiger partial charge in [0.1, 0.15) is 12.4 Å². The van der Waals surface area contributed by atoms with Crippen LogP contribution in [0.25, 0.3) is 0 Å². The molecule has 1 N–H and O–H groups in total. The number of carbonyl (C=O) groups excluding carboxylic acids is 1. The lowest BCUT2D eigenvalue weighted by Crippen LogP contribution is -2.13. The standard InChI is InChI=1S/C18H16N2O2S/c1-13-5-4-6-14(9-13)20-18(21)16-7-2-3-8-17(16)22-10-15-11-23-12-19-15/h2-9,11-12H,10H2,1H3,(H,20,21). The third-order valence-electron chi connectivity index (χ3n) is 3.27. The summed E-state index contributed by atoms with van der Waals surface area (Å²) in [5.41, 5.74) is 4.97. The average molecular weight is 324 g/mol. The molecule has 1 aromatic heterocycles. The Morgan fingerprint density at radius 1 is 1.22 bits per heavy atom. The summed E-state index contributed by atoms with van der Waals surface area (Å²) in [5.74, 6) is 0.357. The smallest absolute Gasteiger partial charge is 0.259 e. The Labute approximate surface area is 138 Å². The minimum atomic E-state index is -0.190. The van der Waals surface area contributed by atoms with Gasteiger partial charge in [0.15, 0.2) is 0 Å². The quantitative estimate of drug-likeness (QED) is 0.762. The van der Waals surface area contributed by atoms with E-state index in [2.05, 4.69) is 10.3 Å². The normalized spacial score (nSPS) is 10.3. The molecule has 1 heterocycles. The van der Waals surface area contributed by atoms with Crippen molar-refractivity contribution in [2.45, 2.75) is 13.5 Å². The van der Waals surface area contributed by atoms with Crippen LogP contribution in [0.1, 0.15) is 21.6 Å². The highest BCUT2D eigenvalue weighted by molar-refractivity contribution is 7.07. The van der Waals surface area contributed by atoms with Gasteiger partial charge in [-0.3, -0.25) is 4.79 Å². The SMILES string of the molecule is Cc1cccc(NC(=O)c2ccccc2OCc2cscn2)c1. The molecule has 116 valence electrons. The number of aromatic nitrogens is 1. The Morgan fingerprint density at radius 2 is 2.09 bits per heavy atom. The number of nitrogens with one attached hydrogen (secondary N) is 1. The fourth-order valence-electron chi connectivity index (χ4n) is 2.16. The first-order valence-electron chi connectivity index (χ1n) is 7.19. The van der Waals surface area contributed by atoms with Crippen LogP contribution in [0.3, 0.4) is 0 Å². The van der Waals surface area contributed by atoms with Gasteiger partial charge in [0.05, 0.1) is 16.8 Å². The van der Waals surface area contributed by atoms with Crippen molar-refractivity contribution in [1.82, 2.24) is 4.98 Å². The van der Waals surface area contributed by atoms with Crippen molar-refractivity contribution in [2.75, 3.05) is 5.32 Å². The highest BCUT2D eigenvalue weighted by Gasteiger charge is 2.12. The van der Waals surface area contributed by atoms with Crippen molar-refractivity contribution in [3.63, 3.8) is 0 Å². The van der Waals surface area contributed by atoms with Crippen LogP contribution in [-0.4, -0.2) is 10.9 Å². The van der Waals surface area contributed by atoms with E-state index in [0.29, 0.717) is 17.9 Å². The fourth-order valence-corrected chi connectivity index (χ4v) is 2.70. The van der Waals surface area contributed by atoms with Gasteiger partial charge in [0.25, 0.3) is 5.91 Å². The molecule has 0 aliphatic carbocycles. The van der Waals surface area contributed by atoms with Crippen molar-refractivity contribution in [3.05, 3.63) is 76.2 Å². The molecule has 0 bridgehead atoms. The van der Waals surface area contributed by atoms with Gasteiger partial charge >= 0.3 is 0 Å². The zero-order chi connectivity index (χ0) is 16.1. The predicted molar refractivity (Wildman–Crippen MR) is 92.0 cm³/mol. The Morgan fingerprint density at radius 3 is 2.87 bits per heavy atom. The first-order chi connectivity index (χ1) is 11.2. The molecule has 23 heavy (non-hydrogen) atoms. The summed E-state index contributed by atoms with van der Waals surface area (Å²) in [6, 6.07) is 14.9. The maximum absolute atomic E-state index is 12.5. The van der Waals surface area contributed by atoms with Crippen LogP contribution in [0.2, 0.25) is 0 Å². The van der Waals surface area contributed by atoms with Gasteiger partial charge in [-0.15, -0.1) is 11.3 Å². The summed E-state index contributed by atoms with van der Waals surface area (Å²) < 4.78 is 5.75. The molecule has 3 rings (SSSR count). The van der Waals surface area contributed by atoms with Crippen LogP contribution < -0.4 is 10.1 Å². The Kier molecular flexibility index (Phi) is 4.68. The average Bonchev–Trinajstić information content (AvgIpc) is 3.06. The lowest BCUT2D eigenvalue weighted by Gasteiger charge is -2.11. The Bertz CT molecular complexity index is 800. The summed E-state index contributed by atoms with van der Waals surface area (Å²) in [4.78, 5) is 16.7. The number of carbonyl (C=O) groups is 1. The molecule has 0 saturated heterocycles. The van der Waals surface area contributed by atoms with Crippen LogP contribution in [0.5, 0.6) is 5.75 Å². The van der Waals surface area contributed by atoms with E-state index in [1.807, 2.05) is 48.7 Å². The molecular formula is C18H16N2O2S. The maximum atomic E-state index is 12.5. The molecule has 0 radical (unpaired) electrons. The highest BCUT2D eigenvalue weighted by atomic mass is 32.1. The number of ether oxygens (including phenoxy) is 1. The van der Waals surface area contributed by atoms with Gasteiger partial charge in [0, 0.05) is 11.1 Å². The number of amides is 1. The summed E-state index contributed by atoms with van der Waals surface area (Å²) in [6.07, 6.45) is 0. The lowest BCUT2D eigenvalue weighted by molar-refractivity contribution is 0.102. The van der Waals surface area contributed by atoms with Crippen LogP contribution >= 0.6 is 11.3 Å². The van der Waals surface area contributed by atoms with Crippen LogP contribution in [0.15, 0.2) is 59.4 Å². The third kappa shape index (κ3) is 3.96. The molecule has 0 aliphatic rings. The van der Waals surface area contributed by atoms with Gasteiger partial charge in [-0.05, 0) is 36.8 Å². The number of para-hydroxylation sites is 1. The summed E-state index contributed by atoms with van der Waals surface area (Å²) in [7, 11) is 0. The number of anilines is 1. The van der Waals surface area contributed by atoms with Crippen molar-refractivity contribution in [2.24, 2.45) is 0 Å². The van der Waals surface area contributed by atoms with E-state index >= 15 is 0 Å². The van der Waals surface area contributed by atoms with Crippen molar-refractivity contribution in [3.8, 4) is 5.75 Å². The van der Waals surface area contributed by atoms with Gasteiger partial charge in [-0.2, -0.15) is 0 Å². The van der Waals surface area contributed by atoms with Gasteiger partial charge in [-0.25, -0.2) is 4.98 Å². The van der Waals surface area contributed by atoms with Crippen molar-refractivity contribution < 1.29 is 9.53 Å². The third-order valence-corrected chi connectivity index (χ3v) is 3.90. The maximum Gasteiger partial charge on any atom is 0.259 e. The molecule has 0 unspecified atom stereocenters. The molecular weight excluding hydrogens is 308 g/mol. The summed E-state index contributed by atoms with van der Waals surface area (Å²) in [5, 5.41) is 4.83. The number of aryl methyl sites for hydroxylation is 1. The molecule has 2 aromatic carbocycles. The van der Waals surface area contributed by atoms with Crippen LogP contribution in [0, 0.1) is 6.92 Å². The first-order valence-corrected chi connectivity index (χ1v) is 8.13. The molecule has 0 atom stereocenters. The predicted octanol–water partition coefficient (Wildman–Crippen LogP) is 4.28. The first kappa shape index (κ1) is 15.2. The Hall–Kier alpha value is -2.66. The number of hydrogen-bond acceptors (Lipinski definition) is 4. The summed E-state index contributed by atoms with van der Waals surface area (Å²) in [6.45, 7) is 2.33. The van der Waals surface area contributed by atoms with Gasteiger partial charge in [-0.1, -0.05) is 24.3 Å². The van der Waals surface area contributed by atoms with E-state index in [0.717, 1.165) is 16.9 Å². The van der Waals surface area contributed by atoms with Crippen molar-refractivity contribution in [1.29, 1.82) is 0 Å². The Balaban J connectivity index is 1.75. The number of hydrogen-bond donors (Lipinski definition) is 1. The van der Waals surface area contributed by atoms with Crippen LogP contribution in [0.4, 0.5) is 5.69 Å². The van der Waals surface area contributed by atoms with E-state index in [4.69, 9.17) is 4.74 Å². The number of nitrogens with zero attached hydrogens (tertiary/aromatic N) is 1. The molecule has 3 aromatic rings. The second-order valence-corrected chi connectivity index (χ2v) is 5.81. The van der Waals surface area contributed by atoms with Gasteiger partial charge in [0.2, 0.25) is 0 Å². The lowest BCUT2D eigenvalue weighted by atomic mass is 10.1. The fraction of sp³-hybridized carbons (Fsp3) is 0.111. The highest BCUT2D eigenvalue weighted by Crippen LogP contribution is 2.21. The molecule has 4 nitrogen and oxygen atoms in total. The molecule has 0 fully saturated rings. The minimum Gasteiger partial charge on any atom is -0.486 e. The zero-order valence-electron chi connectivity index (χ0n) is 12.7. The van der Waals surface area contributed by atoms with E-state index < -0.39 is 0 Å². The van der Waals surface area contributed by atoms with Crippen molar-refractivity contribution >= 4 is 22.9 Å². The topological polar surface area (TPSA) is 51.2 Å². The molecule has 1 amide bonds. The second-order valence-electron chi connectivity index (χ2n) is 5.09. The summed E-state index contributed by atoms with van der Waals surface area (Å²) >= 11 is 1.52. The molecule has 0 spiro atoms. The van der Waals surface area contributed by atoms with Crippen LogP contribution in [-0.2, 0) is 6.61 Å². The van der Waals surface area contributed by atoms with E-state index in [-0.39, 0.29) is 5.91 Å². The second kappa shape index (κ2) is 7.07.